The number of alkyl carbamates (subject to hydrolysis) is 1. The Hall–Kier alpha value is -2.11. The van der Waals surface area contributed by atoms with Gasteiger partial charge >= 0.3 is 6.09 Å². The zero-order chi connectivity index (χ0) is 13.6. The number of carbonyl (C=O) groups excluding carboxylic acids is 1. The zero-order valence-electron chi connectivity index (χ0n) is 10.8. The second-order valence-corrected chi connectivity index (χ2v) is 4.62. The van der Waals surface area contributed by atoms with Gasteiger partial charge in [0.25, 0.3) is 0 Å². The predicted octanol–water partition coefficient (Wildman–Crippen LogP) is 1.60. The Morgan fingerprint density at radius 2 is 2.28 bits per heavy atom. The van der Waals surface area contributed by atoms with E-state index >= 15 is 0 Å². The maximum Gasteiger partial charge on any atom is 0.407 e. The summed E-state index contributed by atoms with van der Waals surface area (Å²) in [7, 11) is 0. The van der Waals surface area contributed by atoms with Crippen LogP contribution in [-0.2, 0) is 4.74 Å². The molecule has 0 aromatic carbocycles. The van der Waals surface area contributed by atoms with E-state index in [1.807, 2.05) is 20.8 Å². The van der Waals surface area contributed by atoms with Gasteiger partial charge in [0.15, 0.2) is 0 Å². The highest BCUT2D eigenvalue weighted by Crippen LogP contribution is 2.06. The summed E-state index contributed by atoms with van der Waals surface area (Å²) in [6.45, 7) is 5.79. The van der Waals surface area contributed by atoms with E-state index in [0.29, 0.717) is 12.2 Å². The topological polar surface area (TPSA) is 90.1 Å². The summed E-state index contributed by atoms with van der Waals surface area (Å²) in [6.07, 6.45) is 4.62. The molecule has 1 amide bonds. The second kappa shape index (κ2) is 6.00. The molecular formula is C12H18N4O2. The van der Waals surface area contributed by atoms with Gasteiger partial charge in [-0.05, 0) is 32.9 Å². The Kier molecular flexibility index (Phi) is 4.65. The van der Waals surface area contributed by atoms with Crippen molar-refractivity contribution in [3.63, 3.8) is 0 Å². The molecule has 0 fully saturated rings. The minimum atomic E-state index is -0.491. The van der Waals surface area contributed by atoms with E-state index in [9.17, 15) is 4.79 Å². The first-order valence-electron chi connectivity index (χ1n) is 5.59. The maximum absolute atomic E-state index is 11.3. The van der Waals surface area contributed by atoms with Crippen LogP contribution in [0, 0.1) is 0 Å². The van der Waals surface area contributed by atoms with Gasteiger partial charge in [-0.3, -0.25) is 0 Å². The van der Waals surface area contributed by atoms with Crippen LogP contribution in [0.15, 0.2) is 18.3 Å². The van der Waals surface area contributed by atoms with Crippen molar-refractivity contribution in [3.8, 4) is 0 Å². The molecule has 6 nitrogen and oxygen atoms in total. The van der Waals surface area contributed by atoms with Crippen LogP contribution in [0.1, 0.15) is 26.5 Å². The maximum atomic E-state index is 11.3. The van der Waals surface area contributed by atoms with Gasteiger partial charge in [-0.2, -0.15) is 0 Å². The monoisotopic (exact) mass is 250 g/mol. The van der Waals surface area contributed by atoms with Gasteiger partial charge in [0.2, 0.25) is 5.95 Å². The summed E-state index contributed by atoms with van der Waals surface area (Å²) in [4.78, 5) is 19.1. The second-order valence-electron chi connectivity index (χ2n) is 4.62. The molecule has 0 bridgehead atoms. The Morgan fingerprint density at radius 1 is 1.56 bits per heavy atom. The van der Waals surface area contributed by atoms with E-state index in [2.05, 4.69) is 15.3 Å². The van der Waals surface area contributed by atoms with Gasteiger partial charge in [-0.15, -0.1) is 0 Å². The van der Waals surface area contributed by atoms with Crippen LogP contribution in [0.2, 0.25) is 0 Å². The van der Waals surface area contributed by atoms with Crippen molar-refractivity contribution in [3.05, 3.63) is 24.0 Å². The summed E-state index contributed by atoms with van der Waals surface area (Å²) in [5.74, 6) is 0.220. The Balaban J connectivity index is 2.36. The molecule has 0 aliphatic rings. The smallest absolute Gasteiger partial charge is 0.407 e. The molecule has 0 radical (unpaired) electrons. The Bertz CT molecular complexity index is 438. The number of ether oxygens (including phenoxy) is 1. The summed E-state index contributed by atoms with van der Waals surface area (Å²) >= 11 is 0. The van der Waals surface area contributed by atoms with E-state index in [0.717, 1.165) is 0 Å². The number of amides is 1. The van der Waals surface area contributed by atoms with E-state index in [1.165, 1.54) is 0 Å². The van der Waals surface area contributed by atoms with Crippen LogP contribution in [0.5, 0.6) is 0 Å². The highest BCUT2D eigenvalue weighted by molar-refractivity contribution is 5.68. The highest BCUT2D eigenvalue weighted by Gasteiger charge is 2.14. The number of aromatic nitrogens is 2. The first kappa shape index (κ1) is 14.0. The highest BCUT2D eigenvalue weighted by atomic mass is 16.6. The van der Waals surface area contributed by atoms with Crippen LogP contribution in [0.3, 0.4) is 0 Å². The lowest BCUT2D eigenvalue weighted by atomic mass is 10.2. The fraction of sp³-hybridized carbons (Fsp3) is 0.417. The van der Waals surface area contributed by atoms with Gasteiger partial charge in [0.1, 0.15) is 5.60 Å². The van der Waals surface area contributed by atoms with Gasteiger partial charge in [-0.25, -0.2) is 14.8 Å². The van der Waals surface area contributed by atoms with Crippen LogP contribution < -0.4 is 11.1 Å². The molecule has 0 saturated carbocycles. The van der Waals surface area contributed by atoms with E-state index in [4.69, 9.17) is 10.5 Å². The van der Waals surface area contributed by atoms with Crippen LogP contribution >= 0.6 is 0 Å². The molecule has 0 unspecified atom stereocenters. The largest absolute Gasteiger partial charge is 0.444 e. The minimum Gasteiger partial charge on any atom is -0.444 e. The Morgan fingerprint density at radius 3 is 2.89 bits per heavy atom. The fourth-order valence-corrected chi connectivity index (χ4v) is 1.12. The third-order valence-electron chi connectivity index (χ3n) is 1.75. The third kappa shape index (κ3) is 5.83. The van der Waals surface area contributed by atoms with Gasteiger partial charge in [0.05, 0.1) is 5.69 Å². The molecule has 0 aliphatic heterocycles. The molecule has 6 heteroatoms. The summed E-state index contributed by atoms with van der Waals surface area (Å²) in [5.41, 5.74) is 5.63. The average molecular weight is 250 g/mol. The van der Waals surface area contributed by atoms with Crippen molar-refractivity contribution in [2.75, 3.05) is 12.3 Å². The molecule has 0 saturated heterocycles. The molecule has 1 rings (SSSR count). The molecule has 1 aromatic rings. The first-order chi connectivity index (χ1) is 8.37. The van der Waals surface area contributed by atoms with Crippen LogP contribution in [0.25, 0.3) is 6.08 Å². The number of nitrogens with two attached hydrogens (primary N) is 1. The van der Waals surface area contributed by atoms with E-state index in [1.54, 1.807) is 24.4 Å². The third-order valence-corrected chi connectivity index (χ3v) is 1.75. The number of nitrogens with zero attached hydrogens (tertiary/aromatic N) is 2. The van der Waals surface area contributed by atoms with Gasteiger partial charge in [0, 0.05) is 12.7 Å². The van der Waals surface area contributed by atoms with Gasteiger partial charge in [-0.1, -0.05) is 6.08 Å². The molecule has 0 atom stereocenters. The quantitative estimate of drug-likeness (QED) is 0.850. The van der Waals surface area contributed by atoms with Crippen molar-refractivity contribution < 1.29 is 9.53 Å². The van der Waals surface area contributed by atoms with Crippen molar-refractivity contribution in [2.45, 2.75) is 26.4 Å². The number of anilines is 1. The zero-order valence-corrected chi connectivity index (χ0v) is 10.8. The van der Waals surface area contributed by atoms with Crippen molar-refractivity contribution in [2.24, 2.45) is 0 Å². The molecule has 0 spiro atoms. The number of rotatable bonds is 3. The molecule has 1 heterocycles. The van der Waals surface area contributed by atoms with Crippen molar-refractivity contribution in [1.82, 2.24) is 15.3 Å². The van der Waals surface area contributed by atoms with Crippen LogP contribution in [-0.4, -0.2) is 28.2 Å². The molecule has 1 aromatic heterocycles. The lowest BCUT2D eigenvalue weighted by Crippen LogP contribution is -2.32. The summed E-state index contributed by atoms with van der Waals surface area (Å²) in [6, 6.07) is 1.72. The molecule has 18 heavy (non-hydrogen) atoms. The molecular weight excluding hydrogens is 232 g/mol. The SMILES string of the molecule is CC(C)(C)OC(=O)NCC=Cc1ccnc(N)n1. The van der Waals surface area contributed by atoms with E-state index in [-0.39, 0.29) is 5.95 Å². The van der Waals surface area contributed by atoms with E-state index < -0.39 is 11.7 Å². The number of nitrogens with one attached hydrogen (secondary N) is 1. The minimum absolute atomic E-state index is 0.220. The number of hydrogen-bond acceptors (Lipinski definition) is 5. The fourth-order valence-electron chi connectivity index (χ4n) is 1.12. The van der Waals surface area contributed by atoms with Crippen LogP contribution in [0.4, 0.5) is 10.7 Å². The summed E-state index contributed by atoms with van der Waals surface area (Å²) in [5, 5.41) is 2.60. The van der Waals surface area contributed by atoms with Crippen molar-refractivity contribution in [1.29, 1.82) is 0 Å². The molecule has 98 valence electrons. The molecule has 0 aliphatic carbocycles. The lowest BCUT2D eigenvalue weighted by molar-refractivity contribution is 0.0534. The standard InChI is InChI=1S/C12H18N4O2/c1-12(2,3)18-11(17)15-7-4-5-9-6-8-14-10(13)16-9/h4-6,8H,7H2,1-3H3,(H,15,17)(H2,13,14,16). The Labute approximate surface area is 106 Å². The number of nitrogen functional groups attached to an aromatic ring is 1. The average Bonchev–Trinajstić information content (AvgIpc) is 2.22. The van der Waals surface area contributed by atoms with Crippen molar-refractivity contribution >= 4 is 18.1 Å². The number of hydrogen-bond donors (Lipinski definition) is 2. The molecule has 3 N–H and O–H groups in total. The summed E-state index contributed by atoms with van der Waals surface area (Å²) < 4.78 is 5.08. The number of carbonyl (C=O) groups is 1. The normalized spacial score (nSPS) is 11.5. The van der Waals surface area contributed by atoms with Gasteiger partial charge < -0.3 is 15.8 Å². The predicted molar refractivity (Wildman–Crippen MR) is 69.7 cm³/mol. The lowest BCUT2D eigenvalue weighted by Gasteiger charge is -2.19. The first-order valence-corrected chi connectivity index (χ1v) is 5.59.